The summed E-state index contributed by atoms with van der Waals surface area (Å²) < 4.78 is 10.3. The molecule has 0 aliphatic heterocycles. The highest BCUT2D eigenvalue weighted by atomic mass is 16.5. The van der Waals surface area contributed by atoms with Gasteiger partial charge in [-0.1, -0.05) is 6.92 Å². The van der Waals surface area contributed by atoms with E-state index in [4.69, 9.17) is 9.47 Å². The van der Waals surface area contributed by atoms with Gasteiger partial charge in [0, 0.05) is 26.0 Å². The van der Waals surface area contributed by atoms with E-state index in [1.165, 1.54) is 5.56 Å². The molecule has 1 rings (SSSR count). The summed E-state index contributed by atoms with van der Waals surface area (Å²) in [5, 5.41) is 3.46. The SMILES string of the molecule is CCNC(CCCOC)c1cncc(OC)c1. The topological polar surface area (TPSA) is 43.4 Å². The van der Waals surface area contributed by atoms with Crippen LogP contribution in [0.25, 0.3) is 0 Å². The first kappa shape index (κ1) is 13.9. The number of rotatable bonds is 8. The Labute approximate surface area is 103 Å². The van der Waals surface area contributed by atoms with E-state index in [0.717, 1.165) is 31.7 Å². The van der Waals surface area contributed by atoms with Crippen LogP contribution in [0.1, 0.15) is 31.4 Å². The molecule has 1 atom stereocenters. The molecular weight excluding hydrogens is 216 g/mol. The molecule has 0 aliphatic carbocycles. The molecule has 96 valence electrons. The van der Waals surface area contributed by atoms with Crippen LogP contribution in [-0.4, -0.2) is 32.4 Å². The van der Waals surface area contributed by atoms with E-state index in [2.05, 4.69) is 17.2 Å². The van der Waals surface area contributed by atoms with Crippen molar-refractivity contribution in [1.29, 1.82) is 0 Å². The smallest absolute Gasteiger partial charge is 0.137 e. The molecule has 0 spiro atoms. The molecule has 1 aromatic rings. The number of hydrogen-bond donors (Lipinski definition) is 1. The van der Waals surface area contributed by atoms with E-state index in [1.54, 1.807) is 20.4 Å². The van der Waals surface area contributed by atoms with Crippen molar-refractivity contribution in [3.05, 3.63) is 24.0 Å². The summed E-state index contributed by atoms with van der Waals surface area (Å²) in [5.74, 6) is 0.803. The quantitative estimate of drug-likeness (QED) is 0.705. The predicted octanol–water partition coefficient (Wildman–Crippen LogP) is 2.17. The minimum absolute atomic E-state index is 0.317. The molecular formula is C13H22N2O2. The number of pyridine rings is 1. The molecule has 0 bridgehead atoms. The third-order valence-electron chi connectivity index (χ3n) is 2.66. The molecule has 1 aromatic heterocycles. The number of ether oxygens (including phenoxy) is 2. The molecule has 0 radical (unpaired) electrons. The number of methoxy groups -OCH3 is 2. The summed E-state index contributed by atoms with van der Waals surface area (Å²) in [4.78, 5) is 4.19. The van der Waals surface area contributed by atoms with Crippen LogP contribution in [-0.2, 0) is 4.74 Å². The van der Waals surface area contributed by atoms with Crippen molar-refractivity contribution in [2.75, 3.05) is 27.4 Å². The van der Waals surface area contributed by atoms with Gasteiger partial charge in [0.05, 0.1) is 13.3 Å². The first-order valence-electron chi connectivity index (χ1n) is 6.03. The van der Waals surface area contributed by atoms with Gasteiger partial charge in [0.1, 0.15) is 5.75 Å². The van der Waals surface area contributed by atoms with Crippen LogP contribution in [0.5, 0.6) is 5.75 Å². The van der Waals surface area contributed by atoms with Crippen molar-refractivity contribution in [2.24, 2.45) is 0 Å². The van der Waals surface area contributed by atoms with Crippen LogP contribution in [0, 0.1) is 0 Å². The third kappa shape index (κ3) is 4.71. The molecule has 1 N–H and O–H groups in total. The van der Waals surface area contributed by atoms with Gasteiger partial charge in [0.2, 0.25) is 0 Å². The zero-order chi connectivity index (χ0) is 12.5. The van der Waals surface area contributed by atoms with E-state index in [-0.39, 0.29) is 0 Å². The molecule has 0 fully saturated rings. The lowest BCUT2D eigenvalue weighted by Crippen LogP contribution is -2.21. The zero-order valence-electron chi connectivity index (χ0n) is 10.9. The Hall–Kier alpha value is -1.13. The van der Waals surface area contributed by atoms with E-state index in [0.29, 0.717) is 6.04 Å². The van der Waals surface area contributed by atoms with Crippen LogP contribution >= 0.6 is 0 Å². The van der Waals surface area contributed by atoms with Crippen LogP contribution in [0.2, 0.25) is 0 Å². The zero-order valence-corrected chi connectivity index (χ0v) is 10.9. The molecule has 0 aliphatic rings. The second-order valence-corrected chi connectivity index (χ2v) is 3.90. The van der Waals surface area contributed by atoms with Gasteiger partial charge in [-0.3, -0.25) is 4.98 Å². The molecule has 0 aromatic carbocycles. The minimum Gasteiger partial charge on any atom is -0.495 e. The lowest BCUT2D eigenvalue weighted by molar-refractivity contribution is 0.189. The van der Waals surface area contributed by atoms with Crippen molar-refractivity contribution < 1.29 is 9.47 Å². The normalized spacial score (nSPS) is 12.4. The summed E-state index contributed by atoms with van der Waals surface area (Å²) in [7, 11) is 3.39. The summed E-state index contributed by atoms with van der Waals surface area (Å²) in [5.41, 5.74) is 1.17. The average molecular weight is 238 g/mol. The van der Waals surface area contributed by atoms with E-state index in [1.807, 2.05) is 12.3 Å². The molecule has 1 heterocycles. The summed E-state index contributed by atoms with van der Waals surface area (Å²) in [6.07, 6.45) is 5.69. The summed E-state index contributed by atoms with van der Waals surface area (Å²) in [6.45, 7) is 3.84. The molecule has 4 heteroatoms. The van der Waals surface area contributed by atoms with Crippen molar-refractivity contribution in [2.45, 2.75) is 25.8 Å². The maximum atomic E-state index is 5.19. The third-order valence-corrected chi connectivity index (χ3v) is 2.66. The number of nitrogens with one attached hydrogen (secondary N) is 1. The Kier molecular flexibility index (Phi) is 6.58. The Bertz CT molecular complexity index is 318. The van der Waals surface area contributed by atoms with Crippen molar-refractivity contribution in [1.82, 2.24) is 10.3 Å². The van der Waals surface area contributed by atoms with Crippen molar-refractivity contribution in [3.8, 4) is 5.75 Å². The minimum atomic E-state index is 0.317. The van der Waals surface area contributed by atoms with E-state index in [9.17, 15) is 0 Å². The Morgan fingerprint density at radius 3 is 2.82 bits per heavy atom. The van der Waals surface area contributed by atoms with Gasteiger partial charge in [0.15, 0.2) is 0 Å². The monoisotopic (exact) mass is 238 g/mol. The molecule has 4 nitrogen and oxygen atoms in total. The van der Waals surface area contributed by atoms with Gasteiger partial charge in [-0.05, 0) is 31.0 Å². The van der Waals surface area contributed by atoms with Crippen LogP contribution in [0.15, 0.2) is 18.5 Å². The highest BCUT2D eigenvalue weighted by Gasteiger charge is 2.11. The fourth-order valence-corrected chi connectivity index (χ4v) is 1.80. The first-order valence-corrected chi connectivity index (χ1v) is 6.03. The number of nitrogens with zero attached hydrogens (tertiary/aromatic N) is 1. The van der Waals surface area contributed by atoms with Crippen LogP contribution < -0.4 is 10.1 Å². The van der Waals surface area contributed by atoms with Crippen LogP contribution in [0.4, 0.5) is 0 Å². The Morgan fingerprint density at radius 1 is 1.35 bits per heavy atom. The first-order chi connectivity index (χ1) is 8.31. The highest BCUT2D eigenvalue weighted by molar-refractivity contribution is 5.25. The van der Waals surface area contributed by atoms with Gasteiger partial charge < -0.3 is 14.8 Å². The summed E-state index contributed by atoms with van der Waals surface area (Å²) >= 11 is 0. The van der Waals surface area contributed by atoms with Gasteiger partial charge in [-0.15, -0.1) is 0 Å². The average Bonchev–Trinajstić information content (AvgIpc) is 2.38. The predicted molar refractivity (Wildman–Crippen MR) is 68.3 cm³/mol. The van der Waals surface area contributed by atoms with Crippen molar-refractivity contribution >= 4 is 0 Å². The van der Waals surface area contributed by atoms with Crippen LogP contribution in [0.3, 0.4) is 0 Å². The number of aromatic nitrogens is 1. The van der Waals surface area contributed by atoms with Crippen molar-refractivity contribution in [3.63, 3.8) is 0 Å². The second kappa shape index (κ2) is 8.03. The van der Waals surface area contributed by atoms with E-state index >= 15 is 0 Å². The molecule has 1 unspecified atom stereocenters. The van der Waals surface area contributed by atoms with Gasteiger partial charge >= 0.3 is 0 Å². The fourth-order valence-electron chi connectivity index (χ4n) is 1.80. The fraction of sp³-hybridized carbons (Fsp3) is 0.615. The Balaban J connectivity index is 2.66. The molecule has 17 heavy (non-hydrogen) atoms. The molecule has 0 saturated heterocycles. The second-order valence-electron chi connectivity index (χ2n) is 3.90. The molecule has 0 amide bonds. The maximum Gasteiger partial charge on any atom is 0.137 e. The lowest BCUT2D eigenvalue weighted by Gasteiger charge is -2.18. The lowest BCUT2D eigenvalue weighted by atomic mass is 10.0. The van der Waals surface area contributed by atoms with E-state index < -0.39 is 0 Å². The Morgan fingerprint density at radius 2 is 2.18 bits per heavy atom. The van der Waals surface area contributed by atoms with Gasteiger partial charge in [-0.2, -0.15) is 0 Å². The number of hydrogen-bond acceptors (Lipinski definition) is 4. The van der Waals surface area contributed by atoms with Gasteiger partial charge in [-0.25, -0.2) is 0 Å². The van der Waals surface area contributed by atoms with Gasteiger partial charge in [0.25, 0.3) is 0 Å². The highest BCUT2D eigenvalue weighted by Crippen LogP contribution is 2.21. The summed E-state index contributed by atoms with van der Waals surface area (Å²) in [6, 6.07) is 2.35. The largest absolute Gasteiger partial charge is 0.495 e. The maximum absolute atomic E-state index is 5.19. The standard InChI is InChI=1S/C13H22N2O2/c1-4-15-13(6-5-7-16-2)11-8-12(17-3)10-14-9-11/h8-10,13,15H,4-7H2,1-3H3. The molecule has 0 saturated carbocycles.